The number of hydrogen-bond acceptors (Lipinski definition) is 0. The molecule has 3 rings (SSSR count). The van der Waals surface area contributed by atoms with Crippen LogP contribution in [0.4, 0.5) is 0 Å². The van der Waals surface area contributed by atoms with Crippen molar-refractivity contribution >= 4 is 0 Å². The third-order valence-electron chi connectivity index (χ3n) is 4.69. The molecule has 2 aromatic rings. The van der Waals surface area contributed by atoms with Crippen LogP contribution >= 0.6 is 0 Å². The molecule has 0 atom stereocenters. The first-order valence-corrected chi connectivity index (χ1v) is 7.75. The van der Waals surface area contributed by atoms with Crippen LogP contribution in [-0.2, 0) is 0 Å². The van der Waals surface area contributed by atoms with Crippen molar-refractivity contribution in [3.8, 4) is 11.1 Å². The van der Waals surface area contributed by atoms with Crippen molar-refractivity contribution in [3.63, 3.8) is 0 Å². The summed E-state index contributed by atoms with van der Waals surface area (Å²) < 4.78 is 0. The van der Waals surface area contributed by atoms with E-state index in [-0.39, 0.29) is 0 Å². The molecule has 0 aliphatic heterocycles. The fourth-order valence-electron chi connectivity index (χ4n) is 3.24. The van der Waals surface area contributed by atoms with Gasteiger partial charge in [-0.1, -0.05) is 44.0 Å². The van der Waals surface area contributed by atoms with Crippen LogP contribution in [0.25, 0.3) is 11.1 Å². The Morgan fingerprint density at radius 1 is 0.750 bits per heavy atom. The van der Waals surface area contributed by atoms with Gasteiger partial charge in [-0.15, -0.1) is 0 Å². The van der Waals surface area contributed by atoms with Gasteiger partial charge in [-0.25, -0.2) is 0 Å². The standard InChI is InChI=1S/C20H23/c1-15-3-7-17(8-4-15)19-11-13-20(14-12-19)18-9-5-16(2)6-10-18/h3-4,7-8,11-14,16,18H,1,5-6,9-10H2,2H3/q+1. The summed E-state index contributed by atoms with van der Waals surface area (Å²) in [6.45, 7) is 6.32. The second kappa shape index (κ2) is 5.75. The first kappa shape index (κ1) is 13.3. The molecule has 0 nitrogen and oxygen atoms in total. The van der Waals surface area contributed by atoms with Crippen LogP contribution < -0.4 is 0 Å². The third-order valence-corrected chi connectivity index (χ3v) is 4.69. The fourth-order valence-corrected chi connectivity index (χ4v) is 3.24. The van der Waals surface area contributed by atoms with E-state index in [1.807, 2.05) is 0 Å². The van der Waals surface area contributed by atoms with E-state index < -0.39 is 0 Å². The molecular weight excluding hydrogens is 240 g/mol. The van der Waals surface area contributed by atoms with Crippen molar-refractivity contribution < 1.29 is 0 Å². The molecular formula is C20H23+. The minimum atomic E-state index is 0.780. The van der Waals surface area contributed by atoms with Crippen molar-refractivity contribution in [2.24, 2.45) is 5.92 Å². The molecule has 1 fully saturated rings. The zero-order valence-electron chi connectivity index (χ0n) is 12.3. The number of hydrogen-bond donors (Lipinski definition) is 0. The first-order chi connectivity index (χ1) is 9.72. The summed E-state index contributed by atoms with van der Waals surface area (Å²) in [6, 6.07) is 17.6. The quantitative estimate of drug-likeness (QED) is 0.598. The predicted octanol–water partition coefficient (Wildman–Crippen LogP) is 5.83. The highest BCUT2D eigenvalue weighted by Crippen LogP contribution is 2.36. The topological polar surface area (TPSA) is 0 Å². The van der Waals surface area contributed by atoms with Gasteiger partial charge in [0, 0.05) is 36.8 Å². The van der Waals surface area contributed by atoms with E-state index in [4.69, 9.17) is 0 Å². The van der Waals surface area contributed by atoms with Crippen LogP contribution in [0.1, 0.15) is 49.7 Å². The van der Waals surface area contributed by atoms with E-state index in [0.717, 1.165) is 17.4 Å². The smallest absolute Gasteiger partial charge is 0.0625 e. The summed E-state index contributed by atoms with van der Waals surface area (Å²) in [5.41, 5.74) is 5.18. The van der Waals surface area contributed by atoms with Crippen LogP contribution in [0.5, 0.6) is 0 Å². The van der Waals surface area contributed by atoms with E-state index >= 15 is 0 Å². The highest BCUT2D eigenvalue weighted by atomic mass is 14.2. The van der Waals surface area contributed by atoms with Crippen LogP contribution in [0.3, 0.4) is 0 Å². The largest absolute Gasteiger partial charge is 0.126 e. The van der Waals surface area contributed by atoms with Gasteiger partial charge in [0.1, 0.15) is 5.56 Å². The average Bonchev–Trinajstić information content (AvgIpc) is 2.49. The zero-order chi connectivity index (χ0) is 13.9. The number of benzene rings is 2. The van der Waals surface area contributed by atoms with Crippen molar-refractivity contribution in [2.45, 2.75) is 38.5 Å². The van der Waals surface area contributed by atoms with Crippen LogP contribution in [-0.4, -0.2) is 0 Å². The van der Waals surface area contributed by atoms with Gasteiger partial charge in [-0.3, -0.25) is 0 Å². The molecule has 0 spiro atoms. The van der Waals surface area contributed by atoms with Gasteiger partial charge in [0.15, 0.2) is 0 Å². The van der Waals surface area contributed by atoms with Gasteiger partial charge in [0.2, 0.25) is 0 Å². The van der Waals surface area contributed by atoms with Gasteiger partial charge in [-0.2, -0.15) is 0 Å². The van der Waals surface area contributed by atoms with E-state index in [2.05, 4.69) is 62.4 Å². The predicted molar refractivity (Wildman–Crippen MR) is 86.7 cm³/mol. The second-order valence-corrected chi connectivity index (χ2v) is 6.28. The Morgan fingerprint density at radius 3 is 1.80 bits per heavy atom. The average molecular weight is 263 g/mol. The summed E-state index contributed by atoms with van der Waals surface area (Å²) in [5.74, 6) is 1.70. The first-order valence-electron chi connectivity index (χ1n) is 7.75. The normalized spacial score (nSPS) is 22.6. The summed E-state index contributed by atoms with van der Waals surface area (Å²) >= 11 is 0. The Hall–Kier alpha value is -1.69. The van der Waals surface area contributed by atoms with Crippen molar-refractivity contribution in [3.05, 3.63) is 66.6 Å². The van der Waals surface area contributed by atoms with Gasteiger partial charge in [0.25, 0.3) is 0 Å². The lowest BCUT2D eigenvalue weighted by atomic mass is 9.79. The summed E-state index contributed by atoms with van der Waals surface area (Å²) in [6.07, 6.45) is 5.49. The molecule has 20 heavy (non-hydrogen) atoms. The lowest BCUT2D eigenvalue weighted by Crippen LogP contribution is -2.10. The lowest BCUT2D eigenvalue weighted by Gasteiger charge is -2.26. The Morgan fingerprint density at radius 2 is 1.25 bits per heavy atom. The molecule has 0 amide bonds. The van der Waals surface area contributed by atoms with Gasteiger partial charge >= 0.3 is 0 Å². The van der Waals surface area contributed by atoms with Gasteiger partial charge in [-0.05, 0) is 35.8 Å². The van der Waals surface area contributed by atoms with Crippen molar-refractivity contribution in [2.75, 3.05) is 0 Å². The molecule has 0 heterocycles. The second-order valence-electron chi connectivity index (χ2n) is 6.28. The molecule has 102 valence electrons. The molecule has 0 unspecified atom stereocenters. The Balaban J connectivity index is 1.76. The van der Waals surface area contributed by atoms with Crippen molar-refractivity contribution in [1.29, 1.82) is 0 Å². The molecule has 0 radical (unpaired) electrons. The van der Waals surface area contributed by atoms with Crippen molar-refractivity contribution in [1.82, 2.24) is 0 Å². The van der Waals surface area contributed by atoms with E-state index in [1.54, 1.807) is 0 Å². The summed E-state index contributed by atoms with van der Waals surface area (Å²) in [7, 11) is 0. The van der Waals surface area contributed by atoms with E-state index in [1.165, 1.54) is 42.4 Å². The van der Waals surface area contributed by atoms with E-state index in [0.29, 0.717) is 0 Å². The van der Waals surface area contributed by atoms with Gasteiger partial charge in [0.05, 0.1) is 0 Å². The lowest BCUT2D eigenvalue weighted by molar-refractivity contribution is 0.348. The zero-order valence-corrected chi connectivity index (χ0v) is 12.3. The molecule has 0 N–H and O–H groups in total. The minimum absolute atomic E-state index is 0.780. The SMILES string of the molecule is [CH2+]c1ccc(-c2ccc(C3CCC(C)CC3)cc2)cc1. The van der Waals surface area contributed by atoms with Crippen LogP contribution in [0.15, 0.2) is 48.5 Å². The maximum absolute atomic E-state index is 3.94. The molecule has 1 aliphatic rings. The minimum Gasteiger partial charge on any atom is -0.0625 e. The van der Waals surface area contributed by atoms with E-state index in [9.17, 15) is 0 Å². The molecule has 1 aliphatic carbocycles. The molecule has 0 saturated heterocycles. The monoisotopic (exact) mass is 263 g/mol. The maximum Gasteiger partial charge on any atom is 0.126 e. The molecule has 1 saturated carbocycles. The third kappa shape index (κ3) is 2.90. The maximum atomic E-state index is 3.94. The highest BCUT2D eigenvalue weighted by molar-refractivity contribution is 5.64. The summed E-state index contributed by atoms with van der Waals surface area (Å²) in [5, 5.41) is 0. The highest BCUT2D eigenvalue weighted by Gasteiger charge is 2.19. The summed E-state index contributed by atoms with van der Waals surface area (Å²) in [4.78, 5) is 0. The molecule has 0 aromatic heterocycles. The Kier molecular flexibility index (Phi) is 3.82. The molecule has 2 aromatic carbocycles. The van der Waals surface area contributed by atoms with Crippen LogP contribution in [0.2, 0.25) is 0 Å². The molecule has 0 bridgehead atoms. The fraction of sp³-hybridized carbons (Fsp3) is 0.350. The van der Waals surface area contributed by atoms with Crippen LogP contribution in [0, 0.1) is 12.8 Å². The van der Waals surface area contributed by atoms with Gasteiger partial charge < -0.3 is 0 Å². The Bertz CT molecular complexity index is 540. The number of rotatable bonds is 2. The molecule has 0 heteroatoms. The Labute approximate surface area is 122 Å².